The third-order valence-electron chi connectivity index (χ3n) is 3.49. The molecule has 0 aliphatic heterocycles. The molecule has 0 aliphatic carbocycles. The molecular weight excluding hydrogens is 444 g/mol. The van der Waals surface area contributed by atoms with Crippen LogP contribution in [0.2, 0.25) is 15.1 Å². The van der Waals surface area contributed by atoms with Crippen LogP contribution >= 0.6 is 46.6 Å². The molecule has 2 rings (SSSR count). The number of alkyl halides is 3. The van der Waals surface area contributed by atoms with Crippen LogP contribution in [0.15, 0.2) is 40.6 Å². The molecule has 27 heavy (non-hydrogen) atoms. The molecule has 1 atom stereocenters. The Morgan fingerprint density at radius 2 is 1.85 bits per heavy atom. The second kappa shape index (κ2) is 9.37. The molecule has 0 amide bonds. The van der Waals surface area contributed by atoms with Gasteiger partial charge in [-0.15, -0.1) is 0 Å². The van der Waals surface area contributed by atoms with Gasteiger partial charge >= 0.3 is 6.18 Å². The fraction of sp³-hybridized carbons (Fsp3) is 0.294. The van der Waals surface area contributed by atoms with Crippen molar-refractivity contribution in [3.63, 3.8) is 0 Å². The van der Waals surface area contributed by atoms with E-state index >= 15 is 0 Å². The quantitative estimate of drug-likeness (QED) is 0.263. The van der Waals surface area contributed by atoms with Crippen LogP contribution in [0.5, 0.6) is 0 Å². The smallest absolute Gasteiger partial charge is 0.391 e. The Morgan fingerprint density at radius 1 is 1.22 bits per heavy atom. The van der Waals surface area contributed by atoms with E-state index in [0.717, 1.165) is 12.3 Å². The van der Waals surface area contributed by atoms with E-state index < -0.39 is 11.7 Å². The summed E-state index contributed by atoms with van der Waals surface area (Å²) in [5.74, 6) is 0. The molecular formula is C17H14Cl3F3N2OS. The van der Waals surface area contributed by atoms with E-state index in [2.05, 4.69) is 10.1 Å². The van der Waals surface area contributed by atoms with Crippen LogP contribution in [0.3, 0.4) is 0 Å². The predicted molar refractivity (Wildman–Crippen MR) is 104 cm³/mol. The van der Waals surface area contributed by atoms with E-state index in [9.17, 15) is 13.2 Å². The van der Waals surface area contributed by atoms with Crippen molar-refractivity contribution in [2.24, 2.45) is 5.16 Å². The van der Waals surface area contributed by atoms with Gasteiger partial charge < -0.3 is 4.84 Å². The van der Waals surface area contributed by atoms with E-state index in [0.29, 0.717) is 21.3 Å². The number of oxime groups is 1. The van der Waals surface area contributed by atoms with E-state index in [-0.39, 0.29) is 21.9 Å². The van der Waals surface area contributed by atoms with Crippen molar-refractivity contribution in [3.05, 3.63) is 56.7 Å². The molecule has 0 saturated heterocycles. The van der Waals surface area contributed by atoms with Gasteiger partial charge in [0, 0.05) is 27.1 Å². The fourth-order valence-corrected chi connectivity index (χ4v) is 3.50. The highest BCUT2D eigenvalue weighted by molar-refractivity contribution is 8.00. The molecule has 0 bridgehead atoms. The van der Waals surface area contributed by atoms with Crippen LogP contribution in [0.25, 0.3) is 0 Å². The van der Waals surface area contributed by atoms with Gasteiger partial charge in [0.05, 0.1) is 16.3 Å². The van der Waals surface area contributed by atoms with Crippen molar-refractivity contribution in [2.75, 3.05) is 0 Å². The zero-order valence-corrected chi connectivity index (χ0v) is 17.2. The summed E-state index contributed by atoms with van der Waals surface area (Å²) in [4.78, 5) is 9.10. The molecule has 10 heteroatoms. The molecule has 1 heterocycles. The molecule has 0 fully saturated rings. The van der Waals surface area contributed by atoms with Crippen LogP contribution in [-0.2, 0) is 17.6 Å². The maximum Gasteiger partial charge on any atom is 0.417 e. The van der Waals surface area contributed by atoms with E-state index in [1.165, 1.54) is 11.8 Å². The first-order chi connectivity index (χ1) is 12.6. The minimum Gasteiger partial charge on any atom is -0.391 e. The number of rotatable bonds is 6. The molecule has 0 aliphatic rings. The van der Waals surface area contributed by atoms with Crippen molar-refractivity contribution in [3.8, 4) is 0 Å². The second-order valence-corrected chi connectivity index (χ2v) is 8.03. The maximum absolute atomic E-state index is 12.7. The van der Waals surface area contributed by atoms with E-state index in [1.54, 1.807) is 25.1 Å². The van der Waals surface area contributed by atoms with Gasteiger partial charge in [0.1, 0.15) is 11.6 Å². The van der Waals surface area contributed by atoms with Gasteiger partial charge in [-0.2, -0.15) is 13.2 Å². The topological polar surface area (TPSA) is 34.5 Å². The summed E-state index contributed by atoms with van der Waals surface area (Å²) in [6.07, 6.45) is -3.74. The molecule has 0 N–H and O–H groups in total. The van der Waals surface area contributed by atoms with Crippen molar-refractivity contribution >= 4 is 52.3 Å². The number of aromatic nitrogens is 1. The molecule has 2 aromatic rings. The van der Waals surface area contributed by atoms with Gasteiger partial charge in [-0.05, 0) is 32.0 Å². The monoisotopic (exact) mass is 456 g/mol. The Labute approximate surface area is 173 Å². The summed E-state index contributed by atoms with van der Waals surface area (Å²) in [6, 6.07) is 5.97. The normalized spacial score (nSPS) is 13.6. The number of nitrogens with zero attached hydrogens (tertiary/aromatic N) is 2. The molecule has 0 unspecified atom stereocenters. The van der Waals surface area contributed by atoms with Crippen LogP contribution in [0, 0.1) is 0 Å². The van der Waals surface area contributed by atoms with Crippen LogP contribution in [0.1, 0.15) is 25.0 Å². The number of hydrogen-bond acceptors (Lipinski definition) is 4. The zero-order valence-electron chi connectivity index (χ0n) is 14.1. The first-order valence-corrected chi connectivity index (χ1v) is 9.59. The Balaban J connectivity index is 2.01. The lowest BCUT2D eigenvalue weighted by Gasteiger charge is -2.13. The Bertz CT molecular complexity index is 826. The molecule has 0 radical (unpaired) electrons. The highest BCUT2D eigenvalue weighted by Gasteiger charge is 2.31. The first-order valence-electron chi connectivity index (χ1n) is 7.58. The highest BCUT2D eigenvalue weighted by atomic mass is 35.5. The van der Waals surface area contributed by atoms with Gasteiger partial charge in [0.15, 0.2) is 0 Å². The average Bonchev–Trinajstić information content (AvgIpc) is 2.58. The maximum atomic E-state index is 12.7. The largest absolute Gasteiger partial charge is 0.417 e. The lowest BCUT2D eigenvalue weighted by atomic mass is 10.2. The minimum absolute atomic E-state index is 0.0711. The minimum atomic E-state index is -4.49. The van der Waals surface area contributed by atoms with Crippen molar-refractivity contribution in [1.82, 2.24) is 4.98 Å². The Kier molecular flexibility index (Phi) is 7.68. The average molecular weight is 458 g/mol. The SMILES string of the molecule is C/C(=N\OCc1c(Cl)cccc1Cl)[C@@H](C)Sc1ncc(C(F)(F)F)cc1Cl. The molecule has 146 valence electrons. The van der Waals surface area contributed by atoms with Gasteiger partial charge in [-0.25, -0.2) is 4.98 Å². The summed E-state index contributed by atoms with van der Waals surface area (Å²) < 4.78 is 38.0. The van der Waals surface area contributed by atoms with Gasteiger partial charge in [0.25, 0.3) is 0 Å². The molecule has 3 nitrogen and oxygen atoms in total. The second-order valence-electron chi connectivity index (χ2n) is 5.48. The van der Waals surface area contributed by atoms with E-state index in [1.807, 2.05) is 6.92 Å². The Morgan fingerprint density at radius 3 is 2.41 bits per heavy atom. The van der Waals surface area contributed by atoms with Crippen molar-refractivity contribution in [1.29, 1.82) is 0 Å². The highest BCUT2D eigenvalue weighted by Crippen LogP contribution is 2.35. The van der Waals surface area contributed by atoms with Crippen molar-refractivity contribution in [2.45, 2.75) is 36.9 Å². The van der Waals surface area contributed by atoms with Gasteiger partial charge in [-0.1, -0.05) is 57.8 Å². The summed E-state index contributed by atoms with van der Waals surface area (Å²) >= 11 is 19.2. The van der Waals surface area contributed by atoms with Crippen LogP contribution in [0.4, 0.5) is 13.2 Å². The van der Waals surface area contributed by atoms with Crippen LogP contribution < -0.4 is 0 Å². The van der Waals surface area contributed by atoms with Gasteiger partial charge in [-0.3, -0.25) is 0 Å². The summed E-state index contributed by atoms with van der Waals surface area (Å²) in [6.45, 7) is 3.63. The number of hydrogen-bond donors (Lipinski definition) is 0. The zero-order chi connectivity index (χ0) is 20.2. The predicted octanol–water partition coefficient (Wildman–Crippen LogP) is 7.13. The summed E-state index contributed by atoms with van der Waals surface area (Å²) in [7, 11) is 0. The lowest BCUT2D eigenvalue weighted by molar-refractivity contribution is -0.137. The third kappa shape index (κ3) is 6.17. The number of halogens is 6. The molecule has 1 aromatic heterocycles. The Hall–Kier alpha value is -1.15. The first kappa shape index (κ1) is 22.1. The lowest BCUT2D eigenvalue weighted by Crippen LogP contribution is -2.11. The summed E-state index contributed by atoms with van der Waals surface area (Å²) in [5, 5.41) is 4.93. The third-order valence-corrected chi connectivity index (χ3v) is 5.84. The number of thioether (sulfide) groups is 1. The summed E-state index contributed by atoms with van der Waals surface area (Å²) in [5.41, 5.74) is 0.320. The molecule has 0 spiro atoms. The number of pyridine rings is 1. The fourth-order valence-electron chi connectivity index (χ4n) is 1.86. The van der Waals surface area contributed by atoms with Crippen molar-refractivity contribution < 1.29 is 18.0 Å². The van der Waals surface area contributed by atoms with Gasteiger partial charge in [0.2, 0.25) is 0 Å². The standard InChI is InChI=1S/C17H14Cl3F3N2OS/c1-9(25-26-8-12-13(18)4-3-5-14(12)19)10(2)27-16-15(20)6-11(7-24-16)17(21,22)23/h3-7,10H,8H2,1-2H3/b25-9+/t10-/m1/s1. The number of benzene rings is 1. The molecule has 1 aromatic carbocycles. The van der Waals surface area contributed by atoms with Crippen LogP contribution in [-0.4, -0.2) is 15.9 Å². The molecule has 0 saturated carbocycles. The van der Waals surface area contributed by atoms with E-state index in [4.69, 9.17) is 39.6 Å².